The van der Waals surface area contributed by atoms with Crippen molar-refractivity contribution in [1.29, 1.82) is 0 Å². The molecule has 1 aromatic carbocycles. The van der Waals surface area contributed by atoms with Crippen molar-refractivity contribution in [3.63, 3.8) is 0 Å². The van der Waals surface area contributed by atoms with Crippen molar-refractivity contribution in [1.82, 2.24) is 9.78 Å². The molecule has 3 rings (SSSR count). The van der Waals surface area contributed by atoms with Gasteiger partial charge in [-0.05, 0) is 55.9 Å². The number of benzene rings is 1. The van der Waals surface area contributed by atoms with Crippen LogP contribution in [-0.4, -0.2) is 29.5 Å². The van der Waals surface area contributed by atoms with Gasteiger partial charge in [-0.2, -0.15) is 0 Å². The molecule has 7 heteroatoms. The highest BCUT2D eigenvalue weighted by Crippen LogP contribution is 2.35. The number of nitrogens with two attached hydrogens (primary N) is 1. The van der Waals surface area contributed by atoms with Crippen molar-refractivity contribution >= 4 is 5.97 Å². The first-order chi connectivity index (χ1) is 12.9. The largest absolute Gasteiger partial charge is 0.479 e. The van der Waals surface area contributed by atoms with Crippen LogP contribution in [0, 0.1) is 18.7 Å². The van der Waals surface area contributed by atoms with Crippen LogP contribution >= 0.6 is 0 Å². The minimum Gasteiger partial charge on any atom is -0.479 e. The maximum atomic E-state index is 14.7. The smallest absolute Gasteiger partial charge is 0.307 e. The lowest BCUT2D eigenvalue weighted by Gasteiger charge is -2.15. The minimum absolute atomic E-state index is 0.0776. The normalized spacial score (nSPS) is 14.9. The summed E-state index contributed by atoms with van der Waals surface area (Å²) in [7, 11) is 1.57. The zero-order chi connectivity index (χ0) is 19.6. The number of aryl methyl sites for hydroxylation is 1. The Hall–Kier alpha value is -2.41. The molecular formula is C20H26FN3O3. The predicted molar refractivity (Wildman–Crippen MR) is 99.8 cm³/mol. The Labute approximate surface area is 158 Å². The molecule has 146 valence electrons. The van der Waals surface area contributed by atoms with Gasteiger partial charge in [-0.1, -0.05) is 0 Å². The van der Waals surface area contributed by atoms with E-state index >= 15 is 0 Å². The molecule has 1 atom stereocenters. The van der Waals surface area contributed by atoms with Crippen LogP contribution in [0.15, 0.2) is 18.3 Å². The Kier molecular flexibility index (Phi) is 5.79. The van der Waals surface area contributed by atoms with E-state index in [1.807, 2.05) is 10.9 Å². The van der Waals surface area contributed by atoms with E-state index in [4.69, 9.17) is 15.2 Å². The summed E-state index contributed by atoms with van der Waals surface area (Å²) in [5.41, 5.74) is 8.39. The van der Waals surface area contributed by atoms with Gasteiger partial charge in [0.15, 0.2) is 0 Å². The first-order valence-electron chi connectivity index (χ1n) is 9.26. The number of carbonyl (C=O) groups excluding carboxylic acids is 1. The maximum Gasteiger partial charge on any atom is 0.307 e. The third-order valence-electron chi connectivity index (χ3n) is 4.75. The SMILES string of the molecule is CCOC(=O)C[C@H](N)c1cc(-c2cn(CC3CC3)nc2OC)cc(C)c1F. The lowest BCUT2D eigenvalue weighted by molar-refractivity contribution is -0.143. The Morgan fingerprint density at radius 3 is 2.81 bits per heavy atom. The van der Waals surface area contributed by atoms with Gasteiger partial charge in [-0.3, -0.25) is 9.48 Å². The zero-order valence-corrected chi connectivity index (χ0v) is 16.0. The standard InChI is InChI=1S/C20H26FN3O3/c1-4-27-18(25)9-17(22)15-8-14(7-12(2)19(15)21)16-11-24(10-13-5-6-13)23-20(16)26-3/h7-8,11,13,17H,4-6,9-10,22H2,1-3H3/t17-/m0/s1. The highest BCUT2D eigenvalue weighted by molar-refractivity contribution is 5.72. The molecule has 0 amide bonds. The van der Waals surface area contributed by atoms with Gasteiger partial charge in [0.25, 0.3) is 0 Å². The highest BCUT2D eigenvalue weighted by atomic mass is 19.1. The second-order valence-electron chi connectivity index (χ2n) is 7.03. The molecular weight excluding hydrogens is 349 g/mol. The van der Waals surface area contributed by atoms with Gasteiger partial charge in [0, 0.05) is 24.3 Å². The van der Waals surface area contributed by atoms with Crippen LogP contribution in [0.5, 0.6) is 5.88 Å². The average molecular weight is 375 g/mol. The van der Waals surface area contributed by atoms with Gasteiger partial charge < -0.3 is 15.2 Å². The summed E-state index contributed by atoms with van der Waals surface area (Å²) in [5.74, 6) is 0.319. The van der Waals surface area contributed by atoms with Gasteiger partial charge in [0.2, 0.25) is 5.88 Å². The van der Waals surface area contributed by atoms with Gasteiger partial charge >= 0.3 is 5.97 Å². The Morgan fingerprint density at radius 1 is 1.44 bits per heavy atom. The summed E-state index contributed by atoms with van der Waals surface area (Å²) in [5, 5.41) is 4.48. The van der Waals surface area contributed by atoms with E-state index in [2.05, 4.69) is 5.10 Å². The Balaban J connectivity index is 1.93. The van der Waals surface area contributed by atoms with Crippen molar-refractivity contribution in [3.8, 4) is 17.0 Å². The molecule has 1 aliphatic rings. The fourth-order valence-corrected chi connectivity index (χ4v) is 3.14. The van der Waals surface area contributed by atoms with Gasteiger partial charge in [0.1, 0.15) is 5.82 Å². The van der Waals surface area contributed by atoms with Crippen LogP contribution in [0.1, 0.15) is 43.4 Å². The van der Waals surface area contributed by atoms with E-state index in [-0.39, 0.29) is 18.6 Å². The van der Waals surface area contributed by atoms with E-state index in [1.54, 1.807) is 33.1 Å². The van der Waals surface area contributed by atoms with Crippen molar-refractivity contribution in [2.75, 3.05) is 13.7 Å². The molecule has 0 radical (unpaired) electrons. The maximum absolute atomic E-state index is 14.7. The topological polar surface area (TPSA) is 79.4 Å². The number of hydrogen-bond donors (Lipinski definition) is 1. The molecule has 1 heterocycles. The number of nitrogens with zero attached hydrogens (tertiary/aromatic N) is 2. The molecule has 0 bridgehead atoms. The second kappa shape index (κ2) is 8.08. The van der Waals surface area contributed by atoms with Crippen LogP contribution in [0.25, 0.3) is 11.1 Å². The fourth-order valence-electron chi connectivity index (χ4n) is 3.14. The number of aromatic nitrogens is 2. The summed E-state index contributed by atoms with van der Waals surface area (Å²) in [6.07, 6.45) is 4.29. The lowest BCUT2D eigenvalue weighted by Crippen LogP contribution is -2.19. The van der Waals surface area contributed by atoms with Gasteiger partial charge in [-0.25, -0.2) is 4.39 Å². The lowest BCUT2D eigenvalue weighted by atomic mass is 9.96. The number of methoxy groups -OCH3 is 1. The molecule has 6 nitrogen and oxygen atoms in total. The molecule has 1 fully saturated rings. The molecule has 0 aliphatic heterocycles. The predicted octanol–water partition coefficient (Wildman–Crippen LogP) is 3.37. The average Bonchev–Trinajstić information content (AvgIpc) is 3.34. The summed E-state index contributed by atoms with van der Waals surface area (Å²) < 4.78 is 26.9. The molecule has 1 aliphatic carbocycles. The molecule has 0 unspecified atom stereocenters. The Morgan fingerprint density at radius 2 is 2.19 bits per heavy atom. The van der Waals surface area contributed by atoms with Crippen molar-refractivity contribution in [3.05, 3.63) is 35.3 Å². The molecule has 2 aromatic rings. The molecule has 27 heavy (non-hydrogen) atoms. The highest BCUT2D eigenvalue weighted by Gasteiger charge is 2.24. The Bertz CT molecular complexity index is 830. The van der Waals surface area contributed by atoms with Crippen LogP contribution in [0.2, 0.25) is 0 Å². The third-order valence-corrected chi connectivity index (χ3v) is 4.75. The summed E-state index contributed by atoms with van der Waals surface area (Å²) in [4.78, 5) is 11.7. The van der Waals surface area contributed by atoms with Crippen LogP contribution in [-0.2, 0) is 16.1 Å². The van der Waals surface area contributed by atoms with Gasteiger partial charge in [-0.15, -0.1) is 5.10 Å². The molecule has 1 saturated carbocycles. The number of ether oxygens (including phenoxy) is 2. The second-order valence-corrected chi connectivity index (χ2v) is 7.03. The summed E-state index contributed by atoms with van der Waals surface area (Å²) in [6.45, 7) is 4.52. The number of rotatable bonds is 8. The quantitative estimate of drug-likeness (QED) is 0.716. The summed E-state index contributed by atoms with van der Waals surface area (Å²) in [6, 6.07) is 2.64. The number of halogens is 1. The molecule has 0 spiro atoms. The number of esters is 1. The summed E-state index contributed by atoms with van der Waals surface area (Å²) >= 11 is 0. The van der Waals surface area contributed by atoms with Crippen molar-refractivity contribution in [2.45, 2.75) is 45.7 Å². The van der Waals surface area contributed by atoms with E-state index in [1.165, 1.54) is 12.8 Å². The van der Waals surface area contributed by atoms with Crippen LogP contribution in [0.4, 0.5) is 4.39 Å². The fraction of sp³-hybridized carbons (Fsp3) is 0.500. The van der Waals surface area contributed by atoms with E-state index in [0.29, 0.717) is 17.4 Å². The first kappa shape index (κ1) is 19.4. The van der Waals surface area contributed by atoms with E-state index in [0.717, 1.165) is 17.7 Å². The molecule has 0 saturated heterocycles. The monoisotopic (exact) mass is 375 g/mol. The van der Waals surface area contributed by atoms with Crippen molar-refractivity contribution in [2.24, 2.45) is 11.7 Å². The molecule has 2 N–H and O–H groups in total. The van der Waals surface area contributed by atoms with E-state index in [9.17, 15) is 9.18 Å². The number of hydrogen-bond acceptors (Lipinski definition) is 5. The van der Waals surface area contributed by atoms with Crippen LogP contribution in [0.3, 0.4) is 0 Å². The van der Waals surface area contributed by atoms with Gasteiger partial charge in [0.05, 0.1) is 25.7 Å². The van der Waals surface area contributed by atoms with Crippen molar-refractivity contribution < 1.29 is 18.7 Å². The van der Waals surface area contributed by atoms with Crippen LogP contribution < -0.4 is 10.5 Å². The van der Waals surface area contributed by atoms with E-state index < -0.39 is 17.8 Å². The third kappa shape index (κ3) is 4.47. The number of carbonyl (C=O) groups is 1. The zero-order valence-electron chi connectivity index (χ0n) is 16.0. The first-order valence-corrected chi connectivity index (χ1v) is 9.26. The minimum atomic E-state index is -0.782. The molecule has 1 aromatic heterocycles.